The van der Waals surface area contributed by atoms with Crippen molar-refractivity contribution in [3.8, 4) is 17.0 Å². The second-order valence-corrected chi connectivity index (χ2v) is 6.37. The molecule has 3 aromatic rings. The first kappa shape index (κ1) is 18.2. The Morgan fingerprint density at radius 2 is 1.69 bits per heavy atom. The highest BCUT2D eigenvalue weighted by Gasteiger charge is 2.11. The van der Waals surface area contributed by atoms with Gasteiger partial charge in [0.2, 0.25) is 0 Å². The van der Waals surface area contributed by atoms with Crippen LogP contribution in [0.15, 0.2) is 73.8 Å². The smallest absolute Gasteiger partial charge is 0.119 e. The number of hydrogen-bond donors (Lipinski definition) is 0. The Kier molecular flexibility index (Phi) is 6.03. The van der Waals surface area contributed by atoms with Gasteiger partial charge in [-0.15, -0.1) is 0 Å². The molecule has 1 aromatic heterocycles. The van der Waals surface area contributed by atoms with E-state index < -0.39 is 0 Å². The van der Waals surface area contributed by atoms with Crippen molar-refractivity contribution in [2.75, 3.05) is 0 Å². The van der Waals surface area contributed by atoms with Gasteiger partial charge in [0.25, 0.3) is 0 Å². The number of hydrogen-bond acceptors (Lipinski definition) is 2. The van der Waals surface area contributed by atoms with Crippen molar-refractivity contribution in [3.05, 3.63) is 96.2 Å². The molecular weight excluding hydrogens is 386 g/mol. The van der Waals surface area contributed by atoms with E-state index in [9.17, 15) is 0 Å². The van der Waals surface area contributed by atoms with Crippen molar-refractivity contribution in [1.82, 2.24) is 4.98 Å². The molecule has 26 heavy (non-hydrogen) atoms. The lowest BCUT2D eigenvalue weighted by molar-refractivity contribution is 0.306. The number of ether oxygens (including phenoxy) is 1. The van der Waals surface area contributed by atoms with Gasteiger partial charge >= 0.3 is 0 Å². The number of alkyl halides is 1. The van der Waals surface area contributed by atoms with Crippen LogP contribution in [-0.4, -0.2) is 4.98 Å². The SMILES string of the molecule is C=Cc1nc(-c2ccccc2)cc(COc2ccc(CBr)cc2)c1C=C. The molecule has 0 aliphatic carbocycles. The van der Waals surface area contributed by atoms with E-state index in [1.165, 1.54) is 5.56 Å². The molecule has 0 saturated carbocycles. The third-order valence-corrected chi connectivity index (χ3v) is 4.76. The maximum absolute atomic E-state index is 6.00. The summed E-state index contributed by atoms with van der Waals surface area (Å²) < 4.78 is 6.00. The maximum Gasteiger partial charge on any atom is 0.119 e. The molecule has 0 bridgehead atoms. The van der Waals surface area contributed by atoms with Crippen LogP contribution in [0.5, 0.6) is 5.75 Å². The number of pyridine rings is 1. The molecule has 1 heterocycles. The minimum Gasteiger partial charge on any atom is -0.489 e. The third kappa shape index (κ3) is 4.12. The van der Waals surface area contributed by atoms with Crippen LogP contribution in [0.3, 0.4) is 0 Å². The predicted octanol–water partition coefficient (Wildman–Crippen LogP) is 6.51. The highest BCUT2D eigenvalue weighted by atomic mass is 79.9. The fraction of sp³-hybridized carbons (Fsp3) is 0.0870. The topological polar surface area (TPSA) is 22.1 Å². The van der Waals surface area contributed by atoms with Crippen LogP contribution in [0.25, 0.3) is 23.4 Å². The summed E-state index contributed by atoms with van der Waals surface area (Å²) in [5.74, 6) is 0.836. The van der Waals surface area contributed by atoms with Gasteiger partial charge in [-0.2, -0.15) is 0 Å². The van der Waals surface area contributed by atoms with Gasteiger partial charge in [0.1, 0.15) is 12.4 Å². The van der Waals surface area contributed by atoms with E-state index in [0.717, 1.165) is 39.2 Å². The number of benzene rings is 2. The van der Waals surface area contributed by atoms with Gasteiger partial charge in [-0.1, -0.05) is 77.6 Å². The number of rotatable bonds is 7. The molecule has 130 valence electrons. The van der Waals surface area contributed by atoms with Gasteiger partial charge in [0, 0.05) is 22.0 Å². The molecule has 0 aliphatic heterocycles. The van der Waals surface area contributed by atoms with E-state index in [1.807, 2.05) is 48.5 Å². The van der Waals surface area contributed by atoms with Gasteiger partial charge in [0.15, 0.2) is 0 Å². The maximum atomic E-state index is 6.00. The van der Waals surface area contributed by atoms with Crippen LogP contribution in [0.4, 0.5) is 0 Å². The second kappa shape index (κ2) is 8.63. The summed E-state index contributed by atoms with van der Waals surface area (Å²) in [5.41, 5.74) is 5.99. The summed E-state index contributed by atoms with van der Waals surface area (Å²) in [7, 11) is 0. The molecular formula is C23H20BrNO. The molecule has 0 aliphatic rings. The molecule has 0 saturated heterocycles. The molecule has 2 aromatic carbocycles. The molecule has 0 atom stereocenters. The van der Waals surface area contributed by atoms with Crippen LogP contribution < -0.4 is 4.74 Å². The Bertz CT molecular complexity index is 901. The minimum atomic E-state index is 0.443. The van der Waals surface area contributed by atoms with Gasteiger partial charge in [-0.3, -0.25) is 0 Å². The van der Waals surface area contributed by atoms with Gasteiger partial charge in [-0.05, 0) is 29.8 Å². The summed E-state index contributed by atoms with van der Waals surface area (Å²) in [6.07, 6.45) is 3.57. The monoisotopic (exact) mass is 405 g/mol. The highest BCUT2D eigenvalue weighted by Crippen LogP contribution is 2.25. The third-order valence-electron chi connectivity index (χ3n) is 4.11. The summed E-state index contributed by atoms with van der Waals surface area (Å²) >= 11 is 3.45. The fourth-order valence-corrected chi connectivity index (χ4v) is 3.11. The lowest BCUT2D eigenvalue weighted by Crippen LogP contribution is -2.02. The highest BCUT2D eigenvalue weighted by molar-refractivity contribution is 9.08. The van der Waals surface area contributed by atoms with Crippen LogP contribution in [0, 0.1) is 0 Å². The second-order valence-electron chi connectivity index (χ2n) is 5.81. The average Bonchev–Trinajstić information content (AvgIpc) is 2.72. The molecule has 0 spiro atoms. The molecule has 0 unspecified atom stereocenters. The zero-order valence-corrected chi connectivity index (χ0v) is 16.1. The van der Waals surface area contributed by atoms with Gasteiger partial charge < -0.3 is 4.74 Å². The predicted molar refractivity (Wildman–Crippen MR) is 113 cm³/mol. The van der Waals surface area contributed by atoms with Crippen molar-refractivity contribution >= 4 is 28.1 Å². The molecule has 0 N–H and O–H groups in total. The molecule has 0 amide bonds. The summed E-state index contributed by atoms with van der Waals surface area (Å²) in [4.78, 5) is 4.72. The lowest BCUT2D eigenvalue weighted by atomic mass is 10.0. The Balaban J connectivity index is 1.93. The van der Waals surface area contributed by atoms with Gasteiger partial charge in [0.05, 0.1) is 11.4 Å². The Morgan fingerprint density at radius 1 is 0.962 bits per heavy atom. The van der Waals surface area contributed by atoms with Crippen molar-refractivity contribution in [3.63, 3.8) is 0 Å². The normalized spacial score (nSPS) is 10.3. The number of aromatic nitrogens is 1. The molecule has 3 rings (SSSR count). The van der Waals surface area contributed by atoms with E-state index in [-0.39, 0.29) is 0 Å². The zero-order valence-electron chi connectivity index (χ0n) is 14.5. The Morgan fingerprint density at radius 3 is 2.31 bits per heavy atom. The van der Waals surface area contributed by atoms with E-state index in [4.69, 9.17) is 9.72 Å². The first-order valence-electron chi connectivity index (χ1n) is 8.37. The van der Waals surface area contributed by atoms with Crippen LogP contribution in [-0.2, 0) is 11.9 Å². The Labute approximate surface area is 163 Å². The standard InChI is InChI=1S/C23H20BrNO/c1-3-21-19(16-26-20-12-10-17(15-24)11-13-20)14-23(25-22(21)4-2)18-8-6-5-7-9-18/h3-14H,1-2,15-16H2. The Hall–Kier alpha value is -2.65. The van der Waals surface area contributed by atoms with E-state index >= 15 is 0 Å². The van der Waals surface area contributed by atoms with Crippen LogP contribution in [0.2, 0.25) is 0 Å². The van der Waals surface area contributed by atoms with Crippen molar-refractivity contribution < 1.29 is 4.74 Å². The number of halogens is 1. The summed E-state index contributed by atoms with van der Waals surface area (Å²) in [5, 5.41) is 0.835. The van der Waals surface area contributed by atoms with Crippen molar-refractivity contribution in [1.29, 1.82) is 0 Å². The fourth-order valence-electron chi connectivity index (χ4n) is 2.73. The van der Waals surface area contributed by atoms with Crippen LogP contribution in [0.1, 0.15) is 22.4 Å². The molecule has 3 heteroatoms. The molecule has 2 nitrogen and oxygen atoms in total. The van der Waals surface area contributed by atoms with Gasteiger partial charge in [-0.25, -0.2) is 4.98 Å². The van der Waals surface area contributed by atoms with E-state index in [2.05, 4.69) is 47.3 Å². The zero-order chi connectivity index (χ0) is 18.4. The minimum absolute atomic E-state index is 0.443. The summed E-state index contributed by atoms with van der Waals surface area (Å²) in [6.45, 7) is 8.27. The molecule has 0 radical (unpaired) electrons. The van der Waals surface area contributed by atoms with Crippen molar-refractivity contribution in [2.24, 2.45) is 0 Å². The van der Waals surface area contributed by atoms with E-state index in [0.29, 0.717) is 6.61 Å². The largest absolute Gasteiger partial charge is 0.489 e. The van der Waals surface area contributed by atoms with Crippen molar-refractivity contribution in [2.45, 2.75) is 11.9 Å². The van der Waals surface area contributed by atoms with E-state index in [1.54, 1.807) is 6.08 Å². The summed E-state index contributed by atoms with van der Waals surface area (Å²) in [6, 6.07) is 20.2. The van der Waals surface area contributed by atoms with Crippen LogP contribution >= 0.6 is 15.9 Å². The average molecular weight is 406 g/mol. The number of nitrogens with zero attached hydrogens (tertiary/aromatic N) is 1. The quantitative estimate of drug-likeness (QED) is 0.418. The molecule has 0 fully saturated rings. The first-order valence-corrected chi connectivity index (χ1v) is 9.49. The first-order chi connectivity index (χ1) is 12.7. The lowest BCUT2D eigenvalue weighted by Gasteiger charge is -2.14.